The maximum atomic E-state index is 11.6. The summed E-state index contributed by atoms with van der Waals surface area (Å²) in [4.78, 5) is 13.8. The van der Waals surface area contributed by atoms with E-state index in [-0.39, 0.29) is 11.7 Å². The fourth-order valence-corrected chi connectivity index (χ4v) is 3.06. The van der Waals surface area contributed by atoms with Crippen LogP contribution in [-0.4, -0.2) is 11.7 Å². The molecule has 0 saturated carbocycles. The van der Waals surface area contributed by atoms with Crippen LogP contribution in [0.2, 0.25) is 0 Å². The summed E-state index contributed by atoms with van der Waals surface area (Å²) in [7, 11) is 0. The van der Waals surface area contributed by atoms with Crippen LogP contribution in [0.5, 0.6) is 0 Å². The standard InChI is InChI=1S/C14H10ClNOS/c15-8-12(17)9-5-6-11-14(7-9)18-13-4-2-1-3-10(13)16-11/h1-7,16H,8H2. The van der Waals surface area contributed by atoms with Crippen molar-refractivity contribution in [3.63, 3.8) is 0 Å². The minimum absolute atomic E-state index is 0.0213. The van der Waals surface area contributed by atoms with Crippen molar-refractivity contribution in [1.82, 2.24) is 0 Å². The molecule has 1 heterocycles. The Morgan fingerprint density at radius 1 is 1.11 bits per heavy atom. The van der Waals surface area contributed by atoms with E-state index in [4.69, 9.17) is 11.6 Å². The van der Waals surface area contributed by atoms with Gasteiger partial charge in [0, 0.05) is 15.4 Å². The summed E-state index contributed by atoms with van der Waals surface area (Å²) in [5.41, 5.74) is 2.80. The highest BCUT2D eigenvalue weighted by Gasteiger charge is 2.16. The van der Waals surface area contributed by atoms with Gasteiger partial charge in [0.2, 0.25) is 0 Å². The quantitative estimate of drug-likeness (QED) is 0.558. The number of Topliss-reactive ketones (excluding diaryl/α,β-unsaturated/α-hetero) is 1. The maximum absolute atomic E-state index is 11.6. The average molecular weight is 276 g/mol. The lowest BCUT2D eigenvalue weighted by atomic mass is 10.1. The smallest absolute Gasteiger partial charge is 0.177 e. The molecule has 0 spiro atoms. The van der Waals surface area contributed by atoms with E-state index in [0.717, 1.165) is 16.3 Å². The van der Waals surface area contributed by atoms with Crippen LogP contribution in [0.3, 0.4) is 0 Å². The number of alkyl halides is 1. The van der Waals surface area contributed by atoms with Crippen molar-refractivity contribution < 1.29 is 4.79 Å². The molecule has 4 heteroatoms. The first-order valence-electron chi connectivity index (χ1n) is 5.55. The van der Waals surface area contributed by atoms with Crippen molar-refractivity contribution in [1.29, 1.82) is 0 Å². The molecule has 0 fully saturated rings. The van der Waals surface area contributed by atoms with Crippen molar-refractivity contribution >= 4 is 40.5 Å². The summed E-state index contributed by atoms with van der Waals surface area (Å²) in [6.45, 7) is 0. The summed E-state index contributed by atoms with van der Waals surface area (Å²) in [6, 6.07) is 13.8. The number of anilines is 2. The molecule has 0 saturated heterocycles. The Kier molecular flexibility index (Phi) is 3.02. The summed E-state index contributed by atoms with van der Waals surface area (Å²) in [5, 5.41) is 3.36. The van der Waals surface area contributed by atoms with Gasteiger partial charge in [-0.25, -0.2) is 0 Å². The third-order valence-corrected chi connectivity index (χ3v) is 4.18. The SMILES string of the molecule is O=C(CCl)c1ccc2c(c1)Sc1ccccc1N2. The van der Waals surface area contributed by atoms with Gasteiger partial charge in [0.05, 0.1) is 17.3 Å². The third kappa shape index (κ3) is 2.00. The number of ketones is 1. The molecule has 0 bridgehead atoms. The van der Waals surface area contributed by atoms with Gasteiger partial charge in [-0.3, -0.25) is 4.79 Å². The van der Waals surface area contributed by atoms with Gasteiger partial charge in [-0.1, -0.05) is 23.9 Å². The Balaban J connectivity index is 2.01. The van der Waals surface area contributed by atoms with Crippen LogP contribution in [0.1, 0.15) is 10.4 Å². The molecule has 3 rings (SSSR count). The number of carbonyl (C=O) groups excluding carboxylic acids is 1. The van der Waals surface area contributed by atoms with Crippen molar-refractivity contribution in [2.45, 2.75) is 9.79 Å². The molecule has 90 valence electrons. The lowest BCUT2D eigenvalue weighted by molar-refractivity contribution is 0.102. The first-order chi connectivity index (χ1) is 8.78. The number of fused-ring (bicyclic) bond motifs is 2. The largest absolute Gasteiger partial charge is 0.354 e. The number of benzene rings is 2. The molecule has 0 amide bonds. The van der Waals surface area contributed by atoms with Gasteiger partial charge in [0.1, 0.15) is 0 Å². The van der Waals surface area contributed by atoms with Crippen molar-refractivity contribution in [2.75, 3.05) is 11.2 Å². The second-order valence-corrected chi connectivity index (χ2v) is 5.34. The Bertz CT molecular complexity index is 627. The Hall–Kier alpha value is -1.45. The molecule has 0 atom stereocenters. The zero-order valence-corrected chi connectivity index (χ0v) is 11.0. The number of para-hydroxylation sites is 1. The monoisotopic (exact) mass is 275 g/mol. The molecule has 2 aromatic carbocycles. The normalized spacial score (nSPS) is 12.3. The van der Waals surface area contributed by atoms with Gasteiger partial charge in [-0.2, -0.15) is 0 Å². The third-order valence-electron chi connectivity index (χ3n) is 2.80. The molecule has 0 radical (unpaired) electrons. The molecule has 0 unspecified atom stereocenters. The fraction of sp³-hybridized carbons (Fsp3) is 0.0714. The molecule has 2 nitrogen and oxygen atoms in total. The number of halogens is 1. The Morgan fingerprint density at radius 2 is 1.89 bits per heavy atom. The second kappa shape index (κ2) is 4.67. The summed E-state index contributed by atoms with van der Waals surface area (Å²) in [5.74, 6) is -0.0214. The number of rotatable bonds is 2. The van der Waals surface area contributed by atoms with Crippen LogP contribution in [0.15, 0.2) is 52.3 Å². The maximum Gasteiger partial charge on any atom is 0.177 e. The molecule has 2 aromatic rings. The molecule has 1 N–H and O–H groups in total. The highest BCUT2D eigenvalue weighted by molar-refractivity contribution is 7.99. The second-order valence-electron chi connectivity index (χ2n) is 3.99. The fourth-order valence-electron chi connectivity index (χ4n) is 1.88. The van der Waals surface area contributed by atoms with Crippen LogP contribution < -0.4 is 5.32 Å². The van der Waals surface area contributed by atoms with Gasteiger partial charge < -0.3 is 5.32 Å². The van der Waals surface area contributed by atoms with Crippen LogP contribution >= 0.6 is 23.4 Å². The number of carbonyl (C=O) groups is 1. The average Bonchev–Trinajstić information content (AvgIpc) is 2.43. The molecular formula is C14H10ClNOS. The van der Waals surface area contributed by atoms with Gasteiger partial charge in [-0.15, -0.1) is 11.6 Å². The minimum atomic E-state index is -0.0427. The van der Waals surface area contributed by atoms with Crippen molar-refractivity contribution in [3.05, 3.63) is 48.0 Å². The molecule has 1 aliphatic rings. The van der Waals surface area contributed by atoms with Gasteiger partial charge in [-0.05, 0) is 30.3 Å². The van der Waals surface area contributed by atoms with Gasteiger partial charge >= 0.3 is 0 Å². The van der Waals surface area contributed by atoms with E-state index in [0.29, 0.717) is 5.56 Å². The van der Waals surface area contributed by atoms with Crippen LogP contribution in [-0.2, 0) is 0 Å². The van der Waals surface area contributed by atoms with E-state index < -0.39 is 0 Å². The van der Waals surface area contributed by atoms with E-state index in [1.807, 2.05) is 36.4 Å². The van der Waals surface area contributed by atoms with E-state index in [9.17, 15) is 4.79 Å². The number of hydrogen-bond acceptors (Lipinski definition) is 3. The van der Waals surface area contributed by atoms with Crippen molar-refractivity contribution in [3.8, 4) is 0 Å². The van der Waals surface area contributed by atoms with Crippen LogP contribution in [0.4, 0.5) is 11.4 Å². The van der Waals surface area contributed by atoms with E-state index in [2.05, 4.69) is 11.4 Å². The predicted octanol–water partition coefficient (Wildman–Crippen LogP) is 4.32. The molecular weight excluding hydrogens is 266 g/mol. The Morgan fingerprint density at radius 3 is 2.72 bits per heavy atom. The van der Waals surface area contributed by atoms with E-state index in [1.54, 1.807) is 11.8 Å². The molecule has 0 aliphatic carbocycles. The zero-order chi connectivity index (χ0) is 12.5. The molecule has 18 heavy (non-hydrogen) atoms. The Labute approximate surface area is 114 Å². The summed E-state index contributed by atoms with van der Waals surface area (Å²) < 4.78 is 0. The first kappa shape index (κ1) is 11.6. The van der Waals surface area contributed by atoms with Gasteiger partial charge in [0.25, 0.3) is 0 Å². The van der Waals surface area contributed by atoms with Crippen LogP contribution in [0, 0.1) is 0 Å². The molecule has 1 aliphatic heterocycles. The molecule has 0 aromatic heterocycles. The minimum Gasteiger partial charge on any atom is -0.354 e. The van der Waals surface area contributed by atoms with Crippen LogP contribution in [0.25, 0.3) is 0 Å². The lowest BCUT2D eigenvalue weighted by Crippen LogP contribution is -2.04. The topological polar surface area (TPSA) is 29.1 Å². The highest BCUT2D eigenvalue weighted by atomic mass is 35.5. The highest BCUT2D eigenvalue weighted by Crippen LogP contribution is 2.44. The van der Waals surface area contributed by atoms with Gasteiger partial charge in [0.15, 0.2) is 5.78 Å². The van der Waals surface area contributed by atoms with E-state index >= 15 is 0 Å². The van der Waals surface area contributed by atoms with E-state index in [1.165, 1.54) is 4.90 Å². The predicted molar refractivity (Wildman–Crippen MR) is 75.3 cm³/mol. The lowest BCUT2D eigenvalue weighted by Gasteiger charge is -2.20. The van der Waals surface area contributed by atoms with Crippen molar-refractivity contribution in [2.24, 2.45) is 0 Å². The number of nitrogens with one attached hydrogen (secondary N) is 1. The zero-order valence-electron chi connectivity index (χ0n) is 9.44. The number of hydrogen-bond donors (Lipinski definition) is 1. The summed E-state index contributed by atoms with van der Waals surface area (Å²) >= 11 is 7.25. The first-order valence-corrected chi connectivity index (χ1v) is 6.90. The summed E-state index contributed by atoms with van der Waals surface area (Å²) in [6.07, 6.45) is 0.